The zero-order chi connectivity index (χ0) is 34.4. The van der Waals surface area contributed by atoms with E-state index in [0.29, 0.717) is 0 Å². The first kappa shape index (κ1) is 30.0. The predicted molar refractivity (Wildman–Crippen MR) is 221 cm³/mol. The Morgan fingerprint density at radius 1 is 0.327 bits per heavy atom. The number of benzene rings is 9. The maximum atomic E-state index is 2.47. The number of rotatable bonds is 6. The molecule has 0 radical (unpaired) electrons. The highest BCUT2D eigenvalue weighted by Gasteiger charge is 2.24. The van der Waals surface area contributed by atoms with Gasteiger partial charge >= 0.3 is 0 Å². The Morgan fingerprint density at radius 2 is 0.827 bits per heavy atom. The smallest absolute Gasteiger partial charge is 0.0781 e. The van der Waals surface area contributed by atoms with Crippen LogP contribution in [-0.2, 0) is 0 Å². The standard InChI is InChI=1S/C50H34N2/c1-2-15-35(16-3-1)38-20-12-22-40(33-38)51(41-23-13-21-39(34-41)43-28-14-19-36-17-4-6-24-42(36)43)50-44-25-7-5-18-37(44)31-32-49(50)52-47-29-10-8-26-45(47)46-27-9-11-30-48(46)52/h1-34H. The third-order valence-electron chi connectivity index (χ3n) is 10.3. The lowest BCUT2D eigenvalue weighted by Gasteiger charge is -2.30. The van der Waals surface area contributed by atoms with E-state index in [9.17, 15) is 0 Å². The molecule has 0 saturated carbocycles. The Bertz CT molecular complexity index is 2860. The van der Waals surface area contributed by atoms with Gasteiger partial charge < -0.3 is 9.47 Å². The Morgan fingerprint density at radius 3 is 1.54 bits per heavy atom. The van der Waals surface area contributed by atoms with Gasteiger partial charge in [0.1, 0.15) is 0 Å². The minimum Gasteiger partial charge on any atom is -0.308 e. The van der Waals surface area contributed by atoms with Crippen molar-refractivity contribution >= 4 is 60.4 Å². The molecule has 10 rings (SSSR count). The van der Waals surface area contributed by atoms with Crippen LogP contribution in [0, 0.1) is 0 Å². The number of anilines is 3. The average molecular weight is 663 g/mol. The van der Waals surface area contributed by atoms with Crippen molar-refractivity contribution < 1.29 is 0 Å². The second-order valence-electron chi connectivity index (χ2n) is 13.4. The van der Waals surface area contributed by atoms with Gasteiger partial charge in [0, 0.05) is 27.5 Å². The van der Waals surface area contributed by atoms with Gasteiger partial charge in [-0.05, 0) is 80.9 Å². The summed E-state index contributed by atoms with van der Waals surface area (Å²) in [4.78, 5) is 2.47. The normalized spacial score (nSPS) is 11.5. The summed E-state index contributed by atoms with van der Waals surface area (Å²) in [6.45, 7) is 0. The van der Waals surface area contributed by atoms with E-state index in [1.807, 2.05) is 0 Å². The summed E-state index contributed by atoms with van der Waals surface area (Å²) in [6, 6.07) is 74.8. The topological polar surface area (TPSA) is 8.17 Å². The van der Waals surface area contributed by atoms with Crippen LogP contribution in [0.3, 0.4) is 0 Å². The van der Waals surface area contributed by atoms with E-state index in [4.69, 9.17) is 0 Å². The van der Waals surface area contributed by atoms with E-state index < -0.39 is 0 Å². The molecule has 2 nitrogen and oxygen atoms in total. The van der Waals surface area contributed by atoms with Gasteiger partial charge in [-0.2, -0.15) is 0 Å². The molecule has 0 aliphatic carbocycles. The molecule has 0 aliphatic rings. The fourth-order valence-corrected chi connectivity index (χ4v) is 7.99. The number of fused-ring (bicyclic) bond motifs is 5. The Balaban J connectivity index is 1.30. The van der Waals surface area contributed by atoms with E-state index in [2.05, 4.69) is 216 Å². The highest BCUT2D eigenvalue weighted by molar-refractivity contribution is 6.12. The van der Waals surface area contributed by atoms with Gasteiger partial charge in [0.25, 0.3) is 0 Å². The van der Waals surface area contributed by atoms with Crippen molar-refractivity contribution in [2.24, 2.45) is 0 Å². The number of nitrogens with zero attached hydrogens (tertiary/aromatic N) is 2. The summed E-state index contributed by atoms with van der Waals surface area (Å²) in [5, 5.41) is 7.34. The molecule has 0 spiro atoms. The highest BCUT2D eigenvalue weighted by atomic mass is 15.2. The third-order valence-corrected chi connectivity index (χ3v) is 10.3. The first-order chi connectivity index (χ1) is 25.8. The van der Waals surface area contributed by atoms with Crippen LogP contribution in [0.1, 0.15) is 0 Å². The molecule has 0 fully saturated rings. The summed E-state index contributed by atoms with van der Waals surface area (Å²) < 4.78 is 2.45. The fourth-order valence-electron chi connectivity index (χ4n) is 7.99. The maximum Gasteiger partial charge on any atom is 0.0781 e. The number of hydrogen-bond acceptors (Lipinski definition) is 1. The van der Waals surface area contributed by atoms with Crippen molar-refractivity contribution in [3.63, 3.8) is 0 Å². The summed E-state index contributed by atoms with van der Waals surface area (Å²) in [7, 11) is 0. The molecule has 52 heavy (non-hydrogen) atoms. The molecule has 244 valence electrons. The maximum absolute atomic E-state index is 2.47. The molecule has 0 atom stereocenters. The molecule has 1 heterocycles. The van der Waals surface area contributed by atoms with Gasteiger partial charge in [-0.1, -0.05) is 164 Å². The molecule has 0 amide bonds. The molecular weight excluding hydrogens is 629 g/mol. The number of para-hydroxylation sites is 2. The van der Waals surface area contributed by atoms with Gasteiger partial charge in [-0.15, -0.1) is 0 Å². The average Bonchev–Trinajstić information content (AvgIpc) is 3.55. The molecule has 0 unspecified atom stereocenters. The van der Waals surface area contributed by atoms with Crippen LogP contribution in [0.25, 0.3) is 71.3 Å². The second kappa shape index (κ2) is 12.5. The molecule has 0 bridgehead atoms. The minimum absolute atomic E-state index is 1.09. The molecule has 0 saturated heterocycles. The molecule has 0 N–H and O–H groups in total. The molecule has 1 aromatic heterocycles. The predicted octanol–water partition coefficient (Wildman–Crippen LogP) is 13.9. The molecular formula is C50H34N2. The van der Waals surface area contributed by atoms with Crippen molar-refractivity contribution in [2.75, 3.05) is 4.90 Å². The highest BCUT2D eigenvalue weighted by Crippen LogP contribution is 2.46. The fraction of sp³-hybridized carbons (Fsp3) is 0. The van der Waals surface area contributed by atoms with Crippen molar-refractivity contribution in [3.8, 4) is 27.9 Å². The van der Waals surface area contributed by atoms with Crippen LogP contribution >= 0.6 is 0 Å². The largest absolute Gasteiger partial charge is 0.308 e. The van der Waals surface area contributed by atoms with Gasteiger partial charge in [-0.25, -0.2) is 0 Å². The minimum atomic E-state index is 1.09. The van der Waals surface area contributed by atoms with E-state index in [1.165, 1.54) is 65.6 Å². The molecule has 10 aromatic rings. The first-order valence-corrected chi connectivity index (χ1v) is 17.9. The third kappa shape index (κ3) is 4.96. The Hall–Kier alpha value is -6.90. The van der Waals surface area contributed by atoms with E-state index in [-0.39, 0.29) is 0 Å². The van der Waals surface area contributed by atoms with Crippen molar-refractivity contribution in [2.45, 2.75) is 0 Å². The number of hydrogen-bond donors (Lipinski definition) is 0. The molecule has 2 heteroatoms. The lowest BCUT2D eigenvalue weighted by atomic mass is 9.97. The van der Waals surface area contributed by atoms with Crippen LogP contribution < -0.4 is 4.90 Å². The van der Waals surface area contributed by atoms with Crippen molar-refractivity contribution in [3.05, 3.63) is 206 Å². The summed E-state index contributed by atoms with van der Waals surface area (Å²) in [5.41, 5.74) is 11.6. The van der Waals surface area contributed by atoms with Gasteiger partial charge in [0.15, 0.2) is 0 Å². The van der Waals surface area contributed by atoms with Crippen LogP contribution in [0.4, 0.5) is 17.1 Å². The lowest BCUT2D eigenvalue weighted by Crippen LogP contribution is -2.14. The first-order valence-electron chi connectivity index (χ1n) is 17.9. The zero-order valence-corrected chi connectivity index (χ0v) is 28.5. The van der Waals surface area contributed by atoms with Crippen LogP contribution in [-0.4, -0.2) is 4.57 Å². The summed E-state index contributed by atoms with van der Waals surface area (Å²) >= 11 is 0. The van der Waals surface area contributed by atoms with E-state index in [0.717, 1.165) is 22.7 Å². The van der Waals surface area contributed by atoms with E-state index in [1.54, 1.807) is 0 Å². The van der Waals surface area contributed by atoms with Crippen molar-refractivity contribution in [1.82, 2.24) is 4.57 Å². The molecule has 9 aromatic carbocycles. The second-order valence-corrected chi connectivity index (χ2v) is 13.4. The number of aromatic nitrogens is 1. The zero-order valence-electron chi connectivity index (χ0n) is 28.5. The lowest BCUT2D eigenvalue weighted by molar-refractivity contribution is 1.16. The van der Waals surface area contributed by atoms with E-state index >= 15 is 0 Å². The van der Waals surface area contributed by atoms with Crippen LogP contribution in [0.5, 0.6) is 0 Å². The van der Waals surface area contributed by atoms with Crippen LogP contribution in [0.15, 0.2) is 206 Å². The SMILES string of the molecule is c1ccc(-c2cccc(N(c3cccc(-c4cccc5ccccc45)c3)c3c(-n4c5ccccc5c5ccccc54)ccc4ccccc34)c2)cc1. The van der Waals surface area contributed by atoms with Gasteiger partial charge in [-0.3, -0.25) is 0 Å². The van der Waals surface area contributed by atoms with Gasteiger partial charge in [0.2, 0.25) is 0 Å². The molecule has 0 aliphatic heterocycles. The summed E-state index contributed by atoms with van der Waals surface area (Å²) in [6.07, 6.45) is 0. The summed E-state index contributed by atoms with van der Waals surface area (Å²) in [5.74, 6) is 0. The Kier molecular flexibility index (Phi) is 7.18. The van der Waals surface area contributed by atoms with Gasteiger partial charge in [0.05, 0.1) is 22.4 Å². The Labute approximate surface area is 303 Å². The van der Waals surface area contributed by atoms with Crippen LogP contribution in [0.2, 0.25) is 0 Å². The quantitative estimate of drug-likeness (QED) is 0.172. The van der Waals surface area contributed by atoms with Crippen molar-refractivity contribution in [1.29, 1.82) is 0 Å². The monoisotopic (exact) mass is 662 g/mol.